The van der Waals surface area contributed by atoms with Gasteiger partial charge in [-0.05, 0) is 37.1 Å². The quantitative estimate of drug-likeness (QED) is 0.794. The Morgan fingerprint density at radius 2 is 2.25 bits per heavy atom. The van der Waals surface area contributed by atoms with Crippen LogP contribution in [0.3, 0.4) is 0 Å². The average molecular weight is 273 g/mol. The maximum Gasteiger partial charge on any atom is 0.224 e. The molecular weight excluding hydrogens is 254 g/mol. The van der Waals surface area contributed by atoms with Crippen LogP contribution in [0.2, 0.25) is 0 Å². The lowest BCUT2D eigenvalue weighted by atomic mass is 10.1. The molecule has 0 radical (unpaired) electrons. The van der Waals surface area contributed by atoms with Crippen LogP contribution in [-0.4, -0.2) is 23.7 Å². The summed E-state index contributed by atoms with van der Waals surface area (Å²) in [4.78, 5) is 12.0. The number of hydrogen-bond donors (Lipinski definition) is 2. The summed E-state index contributed by atoms with van der Waals surface area (Å²) in [6, 6.07) is 7.27. The molecule has 1 aromatic heterocycles. The first-order valence-corrected chi connectivity index (χ1v) is 6.59. The summed E-state index contributed by atoms with van der Waals surface area (Å²) >= 11 is 0. The predicted molar refractivity (Wildman–Crippen MR) is 78.4 cm³/mol. The lowest BCUT2D eigenvalue weighted by Gasteiger charge is -2.16. The minimum atomic E-state index is -0.266. The minimum Gasteiger partial charge on any atom is -0.464 e. The molecular formula is C16H19NO3. The summed E-state index contributed by atoms with van der Waals surface area (Å²) < 4.78 is 5.26. The van der Waals surface area contributed by atoms with Crippen LogP contribution in [-0.2, 0) is 11.2 Å². The van der Waals surface area contributed by atoms with Gasteiger partial charge in [-0.1, -0.05) is 11.6 Å². The Bertz CT molecular complexity index is 615. The van der Waals surface area contributed by atoms with Gasteiger partial charge in [-0.25, -0.2) is 0 Å². The first-order valence-electron chi connectivity index (χ1n) is 6.59. The lowest BCUT2D eigenvalue weighted by Crippen LogP contribution is -2.38. The van der Waals surface area contributed by atoms with E-state index in [1.165, 1.54) is 0 Å². The smallest absolute Gasteiger partial charge is 0.224 e. The number of amides is 1. The van der Waals surface area contributed by atoms with E-state index in [2.05, 4.69) is 11.9 Å². The molecule has 0 fully saturated rings. The van der Waals surface area contributed by atoms with Gasteiger partial charge < -0.3 is 14.8 Å². The molecule has 2 aromatic rings. The fourth-order valence-electron chi connectivity index (χ4n) is 2.17. The van der Waals surface area contributed by atoms with Gasteiger partial charge in [0.05, 0.1) is 25.3 Å². The van der Waals surface area contributed by atoms with Crippen LogP contribution < -0.4 is 5.32 Å². The molecule has 2 N–H and O–H groups in total. The van der Waals surface area contributed by atoms with Gasteiger partial charge in [0.25, 0.3) is 0 Å². The van der Waals surface area contributed by atoms with Crippen LogP contribution in [0.15, 0.2) is 47.1 Å². The molecule has 1 aromatic carbocycles. The zero-order chi connectivity index (χ0) is 14.5. The monoisotopic (exact) mass is 273 g/mol. The summed E-state index contributed by atoms with van der Waals surface area (Å²) in [5.74, 6) is -0.104. The van der Waals surface area contributed by atoms with Crippen molar-refractivity contribution in [2.45, 2.75) is 25.8 Å². The van der Waals surface area contributed by atoms with Crippen LogP contribution >= 0.6 is 0 Å². The van der Waals surface area contributed by atoms with Crippen LogP contribution in [0.4, 0.5) is 0 Å². The van der Waals surface area contributed by atoms with Gasteiger partial charge in [0, 0.05) is 5.39 Å². The zero-order valence-electron chi connectivity index (χ0n) is 11.6. The molecule has 4 nitrogen and oxygen atoms in total. The number of hydrogen-bond acceptors (Lipinski definition) is 3. The fourth-order valence-corrected chi connectivity index (χ4v) is 2.17. The number of benzene rings is 1. The van der Waals surface area contributed by atoms with Gasteiger partial charge >= 0.3 is 0 Å². The predicted octanol–water partition coefficient (Wildman–Crippen LogP) is 2.42. The van der Waals surface area contributed by atoms with Crippen molar-refractivity contribution in [3.05, 3.63) is 48.2 Å². The highest BCUT2D eigenvalue weighted by atomic mass is 16.3. The summed E-state index contributed by atoms with van der Waals surface area (Å²) in [5, 5.41) is 13.0. The van der Waals surface area contributed by atoms with Crippen molar-refractivity contribution in [2.75, 3.05) is 6.61 Å². The highest BCUT2D eigenvalue weighted by Gasteiger charge is 2.12. The van der Waals surface area contributed by atoms with Crippen molar-refractivity contribution in [1.82, 2.24) is 5.32 Å². The third kappa shape index (κ3) is 3.71. The molecule has 4 heteroatoms. The van der Waals surface area contributed by atoms with E-state index in [-0.39, 0.29) is 25.0 Å². The number of nitrogens with one attached hydrogen (secondary N) is 1. The molecule has 1 atom stereocenters. The van der Waals surface area contributed by atoms with Crippen molar-refractivity contribution < 1.29 is 14.3 Å². The van der Waals surface area contributed by atoms with Crippen LogP contribution in [0.25, 0.3) is 11.0 Å². The molecule has 1 unspecified atom stereocenters. The molecule has 0 bridgehead atoms. The number of fused-ring (bicyclic) bond motifs is 1. The van der Waals surface area contributed by atoms with E-state index >= 15 is 0 Å². The minimum absolute atomic E-state index is 0.0840. The van der Waals surface area contributed by atoms with Crippen molar-refractivity contribution >= 4 is 16.9 Å². The Morgan fingerprint density at radius 1 is 1.45 bits per heavy atom. The van der Waals surface area contributed by atoms with Gasteiger partial charge in [-0.2, -0.15) is 0 Å². The molecule has 1 amide bonds. The summed E-state index contributed by atoms with van der Waals surface area (Å²) in [7, 11) is 0. The Labute approximate surface area is 118 Å². The molecule has 0 saturated heterocycles. The van der Waals surface area contributed by atoms with E-state index in [0.717, 1.165) is 22.1 Å². The van der Waals surface area contributed by atoms with Gasteiger partial charge in [0.2, 0.25) is 5.91 Å². The maximum atomic E-state index is 12.0. The van der Waals surface area contributed by atoms with Crippen LogP contribution in [0, 0.1) is 0 Å². The molecule has 0 saturated carbocycles. The van der Waals surface area contributed by atoms with Crippen molar-refractivity contribution in [3.63, 3.8) is 0 Å². The van der Waals surface area contributed by atoms with Crippen molar-refractivity contribution in [2.24, 2.45) is 0 Å². The molecule has 1 heterocycles. The number of furan rings is 1. The molecule has 106 valence electrons. The number of aliphatic hydroxyl groups excluding tert-OH is 1. The Kier molecular flexibility index (Phi) is 4.58. The van der Waals surface area contributed by atoms with Crippen LogP contribution in [0.1, 0.15) is 18.9 Å². The molecule has 0 aliphatic heterocycles. The molecule has 2 rings (SSSR count). The molecule has 0 aliphatic carbocycles. The number of aliphatic hydroxyl groups is 1. The van der Waals surface area contributed by atoms with Gasteiger partial charge in [-0.15, -0.1) is 6.58 Å². The third-order valence-corrected chi connectivity index (χ3v) is 3.06. The molecule has 0 aliphatic rings. The number of carbonyl (C=O) groups excluding carboxylic acids is 1. The van der Waals surface area contributed by atoms with E-state index < -0.39 is 0 Å². The third-order valence-electron chi connectivity index (χ3n) is 3.06. The van der Waals surface area contributed by atoms with E-state index in [1.54, 1.807) is 6.26 Å². The standard InChI is InChI=1S/C16H19NO3/c1-11(2)7-14(10-18)17-16(19)9-12-3-4-15-13(8-12)5-6-20-15/h3-6,8,14,18H,1,7,9-10H2,2H3,(H,17,19). The lowest BCUT2D eigenvalue weighted by molar-refractivity contribution is -0.121. The Morgan fingerprint density at radius 3 is 2.95 bits per heavy atom. The normalized spacial score (nSPS) is 12.3. The van der Waals surface area contributed by atoms with Gasteiger partial charge in [0.15, 0.2) is 0 Å². The van der Waals surface area contributed by atoms with Crippen molar-refractivity contribution in [3.8, 4) is 0 Å². The SMILES string of the molecule is C=C(C)CC(CO)NC(=O)Cc1ccc2occc2c1. The van der Waals surface area contributed by atoms with Gasteiger partial charge in [-0.3, -0.25) is 4.79 Å². The molecule has 20 heavy (non-hydrogen) atoms. The second-order valence-electron chi connectivity index (χ2n) is 5.08. The largest absolute Gasteiger partial charge is 0.464 e. The number of carbonyl (C=O) groups is 1. The topological polar surface area (TPSA) is 62.5 Å². The highest BCUT2D eigenvalue weighted by molar-refractivity contribution is 5.82. The molecule has 0 spiro atoms. The second-order valence-corrected chi connectivity index (χ2v) is 5.08. The average Bonchev–Trinajstić information content (AvgIpc) is 2.84. The maximum absolute atomic E-state index is 12.0. The Hall–Kier alpha value is -2.07. The highest BCUT2D eigenvalue weighted by Crippen LogP contribution is 2.17. The summed E-state index contributed by atoms with van der Waals surface area (Å²) in [5.41, 5.74) is 2.66. The van der Waals surface area contributed by atoms with Gasteiger partial charge in [0.1, 0.15) is 5.58 Å². The first kappa shape index (κ1) is 14.3. The summed E-state index contributed by atoms with van der Waals surface area (Å²) in [6.45, 7) is 5.58. The van der Waals surface area contributed by atoms with E-state index in [1.807, 2.05) is 31.2 Å². The second kappa shape index (κ2) is 6.39. The van der Waals surface area contributed by atoms with Crippen molar-refractivity contribution in [1.29, 1.82) is 0 Å². The van der Waals surface area contributed by atoms with E-state index in [9.17, 15) is 9.90 Å². The Balaban J connectivity index is 1.97. The van der Waals surface area contributed by atoms with E-state index in [4.69, 9.17) is 4.42 Å². The fraction of sp³-hybridized carbons (Fsp3) is 0.312. The van der Waals surface area contributed by atoms with Crippen LogP contribution in [0.5, 0.6) is 0 Å². The number of rotatable bonds is 6. The zero-order valence-corrected chi connectivity index (χ0v) is 11.6. The van der Waals surface area contributed by atoms with E-state index in [0.29, 0.717) is 6.42 Å². The first-order chi connectivity index (χ1) is 9.58. The summed E-state index contributed by atoms with van der Waals surface area (Å²) in [6.07, 6.45) is 2.50.